The molecule has 15 heteroatoms. The van der Waals surface area contributed by atoms with Crippen LogP contribution in [0.5, 0.6) is 0 Å². The zero-order chi connectivity index (χ0) is 28.4. The van der Waals surface area contributed by atoms with Gasteiger partial charge in [0.1, 0.15) is 5.57 Å². The predicted molar refractivity (Wildman–Crippen MR) is 139 cm³/mol. The van der Waals surface area contributed by atoms with Crippen molar-refractivity contribution in [3.8, 4) is 0 Å². The number of hydrazone groups is 2. The molecule has 0 aromatic heterocycles. The van der Waals surface area contributed by atoms with Gasteiger partial charge in [0.05, 0.1) is 27.2 Å². The molecule has 0 saturated heterocycles. The van der Waals surface area contributed by atoms with Crippen molar-refractivity contribution in [3.05, 3.63) is 125 Å². The molecule has 0 spiro atoms. The molecule has 0 saturated carbocycles. The van der Waals surface area contributed by atoms with E-state index < -0.39 is 32.2 Å². The van der Waals surface area contributed by atoms with Crippen molar-refractivity contribution in [3.63, 3.8) is 0 Å². The van der Waals surface area contributed by atoms with E-state index in [2.05, 4.69) is 21.1 Å². The van der Waals surface area contributed by atoms with Crippen LogP contribution in [-0.2, 0) is 9.59 Å². The molecule has 3 rings (SSSR count). The third-order valence-corrected chi connectivity index (χ3v) is 4.87. The Hall–Kier alpha value is -6.12. The number of nitrogens with zero attached hydrogens (tertiary/aromatic N) is 5. The number of nitro benzene ring substituents is 3. The second-order valence-corrected chi connectivity index (χ2v) is 7.50. The average molecular weight is 531 g/mol. The molecule has 0 radical (unpaired) electrons. The molecule has 196 valence electrons. The van der Waals surface area contributed by atoms with Gasteiger partial charge in [-0.2, -0.15) is 10.2 Å². The van der Waals surface area contributed by atoms with E-state index in [0.29, 0.717) is 16.7 Å². The van der Waals surface area contributed by atoms with Gasteiger partial charge in [-0.3, -0.25) is 39.9 Å². The summed E-state index contributed by atoms with van der Waals surface area (Å²) in [7, 11) is 0. The van der Waals surface area contributed by atoms with Gasteiger partial charge in [0.15, 0.2) is 0 Å². The molecular weight excluding hydrogens is 514 g/mol. The first-order chi connectivity index (χ1) is 18.6. The lowest BCUT2D eigenvalue weighted by Crippen LogP contribution is -2.30. The Bertz CT molecular complexity index is 1410. The minimum atomic E-state index is -0.949. The summed E-state index contributed by atoms with van der Waals surface area (Å²) in [6, 6.07) is 15.7. The number of hydrogen-bond donors (Lipinski definition) is 2. The molecule has 0 heterocycles. The summed E-state index contributed by atoms with van der Waals surface area (Å²) in [4.78, 5) is 56.2. The van der Waals surface area contributed by atoms with E-state index >= 15 is 0 Å². The first-order valence-corrected chi connectivity index (χ1v) is 10.8. The second kappa shape index (κ2) is 12.7. The Kier molecular flexibility index (Phi) is 8.96. The van der Waals surface area contributed by atoms with Crippen LogP contribution in [0, 0.1) is 30.3 Å². The number of hydrogen-bond acceptors (Lipinski definition) is 10. The zero-order valence-electron chi connectivity index (χ0n) is 19.7. The van der Waals surface area contributed by atoms with Crippen LogP contribution in [0.3, 0.4) is 0 Å². The normalized spacial score (nSPS) is 10.7. The van der Waals surface area contributed by atoms with Crippen molar-refractivity contribution in [2.75, 3.05) is 0 Å². The molecule has 2 N–H and O–H groups in total. The van der Waals surface area contributed by atoms with Gasteiger partial charge in [0, 0.05) is 36.4 Å². The quantitative estimate of drug-likeness (QED) is 0.0988. The molecular formula is C24H17N7O8. The fourth-order valence-corrected chi connectivity index (χ4v) is 2.91. The highest BCUT2D eigenvalue weighted by molar-refractivity contribution is 6.21. The monoisotopic (exact) mass is 531 g/mol. The molecule has 3 aromatic carbocycles. The van der Waals surface area contributed by atoms with Gasteiger partial charge >= 0.3 is 0 Å². The number of benzene rings is 3. The Morgan fingerprint density at radius 2 is 0.872 bits per heavy atom. The summed E-state index contributed by atoms with van der Waals surface area (Å²) in [6.45, 7) is 0. The average Bonchev–Trinajstić information content (AvgIpc) is 2.92. The molecule has 2 amide bonds. The molecule has 39 heavy (non-hydrogen) atoms. The number of carbonyl (C=O) groups is 2. The smallest absolute Gasteiger partial charge is 0.267 e. The van der Waals surface area contributed by atoms with Gasteiger partial charge in [-0.1, -0.05) is 0 Å². The highest BCUT2D eigenvalue weighted by Gasteiger charge is 2.18. The van der Waals surface area contributed by atoms with E-state index in [0.717, 1.165) is 6.08 Å². The zero-order valence-corrected chi connectivity index (χ0v) is 19.7. The van der Waals surface area contributed by atoms with Crippen molar-refractivity contribution in [1.29, 1.82) is 0 Å². The third kappa shape index (κ3) is 7.94. The number of amides is 2. The Labute approximate surface area is 218 Å². The maximum atomic E-state index is 12.8. The molecule has 0 atom stereocenters. The van der Waals surface area contributed by atoms with Crippen molar-refractivity contribution in [1.82, 2.24) is 10.9 Å². The number of rotatable bonds is 10. The summed E-state index contributed by atoms with van der Waals surface area (Å²) in [5.74, 6) is -1.90. The lowest BCUT2D eigenvalue weighted by molar-refractivity contribution is -0.385. The first kappa shape index (κ1) is 27.5. The van der Waals surface area contributed by atoms with E-state index in [1.165, 1.54) is 85.2 Å². The highest BCUT2D eigenvalue weighted by Crippen LogP contribution is 2.15. The van der Waals surface area contributed by atoms with Crippen molar-refractivity contribution < 1.29 is 24.4 Å². The van der Waals surface area contributed by atoms with Crippen LogP contribution in [0.1, 0.15) is 16.7 Å². The molecule has 0 bridgehead atoms. The van der Waals surface area contributed by atoms with Crippen LogP contribution in [0.25, 0.3) is 6.08 Å². The molecule has 0 aliphatic rings. The van der Waals surface area contributed by atoms with Gasteiger partial charge in [-0.05, 0) is 59.2 Å². The SMILES string of the molecule is O=C(N/N=C/c1ccc([N+](=O)[O-])cc1)C(=Cc1ccc([N+](=O)[O-])cc1)C(=O)N/N=C/c1ccc([N+](=O)[O-])cc1. The molecule has 0 aliphatic carbocycles. The number of carbonyl (C=O) groups excluding carboxylic acids is 2. The van der Waals surface area contributed by atoms with Crippen LogP contribution in [0.4, 0.5) is 17.1 Å². The number of nitrogens with one attached hydrogen (secondary N) is 2. The van der Waals surface area contributed by atoms with Crippen LogP contribution in [0.2, 0.25) is 0 Å². The minimum Gasteiger partial charge on any atom is -0.267 e. The predicted octanol–water partition coefficient (Wildman–Crippen LogP) is 3.10. The summed E-state index contributed by atoms with van der Waals surface area (Å²) in [5, 5.41) is 39.9. The standard InChI is InChI=1S/C24H17N7O8/c32-23(27-25-14-17-3-9-20(10-4-17)30(36)37)22(13-16-1-7-19(8-2-16)29(34)35)24(33)28-26-15-18-5-11-21(12-6-18)31(38)39/h1-15H,(H,27,32)(H,28,33)/b25-14+,26-15+. The van der Waals surface area contributed by atoms with Gasteiger partial charge in [-0.15, -0.1) is 0 Å². The van der Waals surface area contributed by atoms with E-state index in [9.17, 15) is 39.9 Å². The number of non-ortho nitro benzene ring substituents is 3. The Morgan fingerprint density at radius 1 is 0.564 bits per heavy atom. The topological polar surface area (TPSA) is 212 Å². The van der Waals surface area contributed by atoms with E-state index in [4.69, 9.17) is 0 Å². The van der Waals surface area contributed by atoms with Gasteiger partial charge in [0.2, 0.25) is 0 Å². The second-order valence-electron chi connectivity index (χ2n) is 7.50. The third-order valence-electron chi connectivity index (χ3n) is 4.87. The van der Waals surface area contributed by atoms with Crippen LogP contribution >= 0.6 is 0 Å². The molecule has 3 aromatic rings. The lowest BCUT2D eigenvalue weighted by atomic mass is 10.1. The van der Waals surface area contributed by atoms with Crippen molar-refractivity contribution >= 4 is 47.4 Å². The fourth-order valence-electron chi connectivity index (χ4n) is 2.91. The van der Waals surface area contributed by atoms with Crippen LogP contribution in [-0.4, -0.2) is 39.0 Å². The van der Waals surface area contributed by atoms with E-state index in [1.807, 2.05) is 0 Å². The molecule has 0 fully saturated rings. The van der Waals surface area contributed by atoms with E-state index in [1.54, 1.807) is 0 Å². The van der Waals surface area contributed by atoms with Crippen molar-refractivity contribution in [2.24, 2.45) is 10.2 Å². The molecule has 0 unspecified atom stereocenters. The van der Waals surface area contributed by atoms with Crippen LogP contribution < -0.4 is 10.9 Å². The van der Waals surface area contributed by atoms with Gasteiger partial charge in [-0.25, -0.2) is 10.9 Å². The minimum absolute atomic E-state index is 0.129. The fraction of sp³-hybridized carbons (Fsp3) is 0. The maximum Gasteiger partial charge on any atom is 0.277 e. The van der Waals surface area contributed by atoms with Gasteiger partial charge < -0.3 is 0 Å². The maximum absolute atomic E-state index is 12.8. The molecule has 15 nitrogen and oxygen atoms in total. The van der Waals surface area contributed by atoms with Crippen LogP contribution in [0.15, 0.2) is 88.6 Å². The number of nitro groups is 3. The first-order valence-electron chi connectivity index (χ1n) is 10.8. The summed E-state index contributed by atoms with van der Waals surface area (Å²) in [6.07, 6.45) is 3.57. The summed E-state index contributed by atoms with van der Waals surface area (Å²) >= 11 is 0. The van der Waals surface area contributed by atoms with E-state index in [-0.39, 0.29) is 17.1 Å². The summed E-state index contributed by atoms with van der Waals surface area (Å²) < 4.78 is 0. The highest BCUT2D eigenvalue weighted by atomic mass is 16.6. The Morgan fingerprint density at radius 3 is 1.18 bits per heavy atom. The largest absolute Gasteiger partial charge is 0.277 e. The Balaban J connectivity index is 1.77. The summed E-state index contributed by atoms with van der Waals surface area (Å²) in [5.41, 5.74) is 4.58. The van der Waals surface area contributed by atoms with Gasteiger partial charge in [0.25, 0.3) is 28.9 Å². The lowest BCUT2D eigenvalue weighted by Gasteiger charge is -2.05. The molecule has 0 aliphatic heterocycles. The van der Waals surface area contributed by atoms with Crippen molar-refractivity contribution in [2.45, 2.75) is 0 Å².